The summed E-state index contributed by atoms with van der Waals surface area (Å²) in [6, 6.07) is 14.3. The second-order valence-corrected chi connectivity index (χ2v) is 6.31. The van der Waals surface area contributed by atoms with Crippen LogP contribution >= 0.6 is 27.3 Å². The largest absolute Gasteiger partial charge is 0.395 e. The van der Waals surface area contributed by atoms with Gasteiger partial charge in [0.1, 0.15) is 5.01 Å². The lowest BCUT2D eigenvalue weighted by Gasteiger charge is -2.04. The van der Waals surface area contributed by atoms with E-state index < -0.39 is 0 Å². The van der Waals surface area contributed by atoms with Crippen molar-refractivity contribution in [1.82, 2.24) is 4.98 Å². The number of hydrogen-bond donors (Lipinski definition) is 2. The Morgan fingerprint density at radius 1 is 1.15 bits per heavy atom. The minimum absolute atomic E-state index is 0.133. The topological polar surface area (TPSA) is 45.1 Å². The normalized spacial score (nSPS) is 10.9. The molecule has 3 aromatic rings. The monoisotopic (exact) mass is 348 g/mol. The van der Waals surface area contributed by atoms with E-state index in [1.54, 1.807) is 11.3 Å². The van der Waals surface area contributed by atoms with Crippen LogP contribution in [0.2, 0.25) is 0 Å². The number of aromatic nitrogens is 1. The van der Waals surface area contributed by atoms with E-state index in [1.807, 2.05) is 36.4 Å². The van der Waals surface area contributed by atoms with Gasteiger partial charge in [0.25, 0.3) is 0 Å². The molecule has 3 nitrogen and oxygen atoms in total. The van der Waals surface area contributed by atoms with Crippen LogP contribution in [0.1, 0.15) is 0 Å². The number of thiazole rings is 1. The molecule has 0 amide bonds. The van der Waals surface area contributed by atoms with Crippen molar-refractivity contribution >= 4 is 43.2 Å². The lowest BCUT2D eigenvalue weighted by molar-refractivity contribution is 0.311. The molecule has 0 spiro atoms. The summed E-state index contributed by atoms with van der Waals surface area (Å²) >= 11 is 5.16. The van der Waals surface area contributed by atoms with Crippen LogP contribution in [-0.2, 0) is 0 Å². The Labute approximate surface area is 129 Å². The van der Waals surface area contributed by atoms with Crippen LogP contribution in [0.25, 0.3) is 20.8 Å². The first-order valence-corrected chi connectivity index (χ1v) is 7.88. The molecule has 5 heteroatoms. The molecular formula is C15H13BrN2OS. The summed E-state index contributed by atoms with van der Waals surface area (Å²) < 4.78 is 2.23. The molecule has 2 aromatic carbocycles. The Bertz CT molecular complexity index is 724. The van der Waals surface area contributed by atoms with Crippen LogP contribution in [0.5, 0.6) is 0 Å². The fraction of sp³-hybridized carbons (Fsp3) is 0.133. The van der Waals surface area contributed by atoms with E-state index in [0.717, 1.165) is 26.2 Å². The van der Waals surface area contributed by atoms with E-state index >= 15 is 0 Å². The van der Waals surface area contributed by atoms with E-state index in [-0.39, 0.29) is 6.61 Å². The van der Waals surface area contributed by atoms with Gasteiger partial charge in [-0.2, -0.15) is 0 Å². The molecule has 0 saturated heterocycles. The summed E-state index contributed by atoms with van der Waals surface area (Å²) in [5, 5.41) is 12.9. The number of nitrogens with one attached hydrogen (secondary N) is 1. The van der Waals surface area contributed by atoms with Crippen LogP contribution in [0, 0.1) is 0 Å². The molecule has 0 radical (unpaired) electrons. The molecule has 20 heavy (non-hydrogen) atoms. The molecule has 102 valence electrons. The maximum Gasteiger partial charge on any atom is 0.124 e. The average Bonchev–Trinajstić information content (AvgIpc) is 2.88. The van der Waals surface area contributed by atoms with Crippen molar-refractivity contribution in [3.63, 3.8) is 0 Å². The van der Waals surface area contributed by atoms with Gasteiger partial charge >= 0.3 is 0 Å². The van der Waals surface area contributed by atoms with Gasteiger partial charge in [0.15, 0.2) is 0 Å². The standard InChI is InChI=1S/C15H13BrN2OS/c16-11-3-6-14-13(9-11)18-15(20-14)10-1-4-12(5-2-10)17-7-8-19/h1-6,9,17,19H,7-8H2. The van der Waals surface area contributed by atoms with Crippen molar-refractivity contribution in [2.24, 2.45) is 0 Å². The summed E-state index contributed by atoms with van der Waals surface area (Å²) in [6.45, 7) is 0.697. The quantitative estimate of drug-likeness (QED) is 0.744. The van der Waals surface area contributed by atoms with E-state index in [2.05, 4.69) is 32.3 Å². The fourth-order valence-corrected chi connectivity index (χ4v) is 3.26. The van der Waals surface area contributed by atoms with E-state index in [0.29, 0.717) is 6.54 Å². The first-order valence-electron chi connectivity index (χ1n) is 6.27. The third-order valence-corrected chi connectivity index (χ3v) is 4.50. The van der Waals surface area contributed by atoms with Crippen molar-refractivity contribution in [3.05, 3.63) is 46.9 Å². The smallest absolute Gasteiger partial charge is 0.124 e. The molecular weight excluding hydrogens is 336 g/mol. The number of fused-ring (bicyclic) bond motifs is 1. The van der Waals surface area contributed by atoms with Crippen LogP contribution in [-0.4, -0.2) is 23.2 Å². The third-order valence-electron chi connectivity index (χ3n) is 2.92. The summed E-state index contributed by atoms with van der Waals surface area (Å²) in [6.07, 6.45) is 0. The Kier molecular flexibility index (Phi) is 4.00. The van der Waals surface area contributed by atoms with Gasteiger partial charge < -0.3 is 10.4 Å². The number of aliphatic hydroxyl groups is 1. The highest BCUT2D eigenvalue weighted by Crippen LogP contribution is 2.32. The van der Waals surface area contributed by atoms with E-state index in [9.17, 15) is 0 Å². The van der Waals surface area contributed by atoms with Crippen LogP contribution in [0.4, 0.5) is 5.69 Å². The SMILES string of the molecule is OCCNc1ccc(-c2nc3cc(Br)ccc3s2)cc1. The second kappa shape index (κ2) is 5.91. The molecule has 0 aliphatic carbocycles. The summed E-state index contributed by atoms with van der Waals surface area (Å²) in [5.74, 6) is 0. The number of hydrogen-bond acceptors (Lipinski definition) is 4. The Balaban J connectivity index is 1.90. The lowest BCUT2D eigenvalue weighted by atomic mass is 10.2. The first-order chi connectivity index (χ1) is 9.76. The van der Waals surface area contributed by atoms with Gasteiger partial charge in [-0.05, 0) is 42.5 Å². The minimum atomic E-state index is 0.133. The zero-order chi connectivity index (χ0) is 13.9. The highest BCUT2D eigenvalue weighted by molar-refractivity contribution is 9.10. The van der Waals surface area contributed by atoms with Gasteiger partial charge in [-0.1, -0.05) is 15.9 Å². The summed E-state index contributed by atoms with van der Waals surface area (Å²) in [4.78, 5) is 4.66. The molecule has 1 heterocycles. The number of aliphatic hydroxyl groups excluding tert-OH is 1. The number of benzene rings is 2. The molecule has 0 aliphatic rings. The summed E-state index contributed by atoms with van der Waals surface area (Å²) in [5.41, 5.74) is 3.13. The van der Waals surface area contributed by atoms with Gasteiger partial charge in [-0.15, -0.1) is 11.3 Å². The fourth-order valence-electron chi connectivity index (χ4n) is 1.95. The lowest BCUT2D eigenvalue weighted by Crippen LogP contribution is -2.04. The van der Waals surface area contributed by atoms with Crippen molar-refractivity contribution in [1.29, 1.82) is 0 Å². The molecule has 3 rings (SSSR count). The van der Waals surface area contributed by atoms with Crippen molar-refractivity contribution in [3.8, 4) is 10.6 Å². The van der Waals surface area contributed by atoms with Crippen molar-refractivity contribution in [2.75, 3.05) is 18.5 Å². The zero-order valence-corrected chi connectivity index (χ0v) is 13.0. The van der Waals surface area contributed by atoms with Gasteiger partial charge in [0.05, 0.1) is 16.8 Å². The van der Waals surface area contributed by atoms with Gasteiger partial charge in [0, 0.05) is 22.3 Å². The number of rotatable bonds is 4. The van der Waals surface area contributed by atoms with E-state index in [1.165, 1.54) is 4.70 Å². The number of anilines is 1. The van der Waals surface area contributed by atoms with Crippen molar-refractivity contribution in [2.45, 2.75) is 0 Å². The van der Waals surface area contributed by atoms with Crippen LogP contribution in [0.3, 0.4) is 0 Å². The number of nitrogens with zero attached hydrogens (tertiary/aromatic N) is 1. The Hall–Kier alpha value is -1.43. The maximum atomic E-state index is 8.79. The Morgan fingerprint density at radius 2 is 1.95 bits per heavy atom. The minimum Gasteiger partial charge on any atom is -0.395 e. The highest BCUT2D eigenvalue weighted by atomic mass is 79.9. The van der Waals surface area contributed by atoms with E-state index in [4.69, 9.17) is 5.11 Å². The highest BCUT2D eigenvalue weighted by Gasteiger charge is 2.06. The zero-order valence-electron chi connectivity index (χ0n) is 10.6. The van der Waals surface area contributed by atoms with Gasteiger partial charge in [0.2, 0.25) is 0 Å². The molecule has 1 aromatic heterocycles. The number of halogens is 1. The first kappa shape index (κ1) is 13.5. The Morgan fingerprint density at radius 3 is 2.70 bits per heavy atom. The predicted molar refractivity (Wildman–Crippen MR) is 88.3 cm³/mol. The molecule has 0 fully saturated rings. The molecule has 2 N–H and O–H groups in total. The van der Waals surface area contributed by atoms with Gasteiger partial charge in [-0.3, -0.25) is 0 Å². The summed E-state index contributed by atoms with van der Waals surface area (Å²) in [7, 11) is 0. The predicted octanol–water partition coefficient (Wildman–Crippen LogP) is 4.13. The molecule has 0 unspecified atom stereocenters. The molecule has 0 aliphatic heterocycles. The van der Waals surface area contributed by atoms with Crippen molar-refractivity contribution < 1.29 is 5.11 Å². The third kappa shape index (κ3) is 2.85. The average molecular weight is 349 g/mol. The molecule has 0 atom stereocenters. The molecule has 0 saturated carbocycles. The molecule has 0 bridgehead atoms. The second-order valence-electron chi connectivity index (χ2n) is 4.36. The van der Waals surface area contributed by atoms with Crippen LogP contribution in [0.15, 0.2) is 46.9 Å². The van der Waals surface area contributed by atoms with Gasteiger partial charge in [-0.25, -0.2) is 4.98 Å². The van der Waals surface area contributed by atoms with Crippen LogP contribution < -0.4 is 5.32 Å². The maximum absolute atomic E-state index is 8.79.